The van der Waals surface area contributed by atoms with E-state index in [0.29, 0.717) is 12.0 Å². The van der Waals surface area contributed by atoms with Crippen molar-refractivity contribution in [3.8, 4) is 0 Å². The molecule has 1 aromatic rings. The molecule has 2 heteroatoms. The Morgan fingerprint density at radius 3 is 2.35 bits per heavy atom. The lowest BCUT2D eigenvalue weighted by molar-refractivity contribution is 0.0932. The topological polar surface area (TPSA) is 29.1 Å². The summed E-state index contributed by atoms with van der Waals surface area (Å²) in [6.07, 6.45) is 5.84. The van der Waals surface area contributed by atoms with E-state index in [1.165, 1.54) is 24.8 Å². The molecule has 20 heavy (non-hydrogen) atoms. The van der Waals surface area contributed by atoms with Crippen molar-refractivity contribution in [3.05, 3.63) is 35.4 Å². The molecule has 0 aliphatic heterocycles. The monoisotopic (exact) mass is 273 g/mol. The summed E-state index contributed by atoms with van der Waals surface area (Å²) in [4.78, 5) is 12.2. The SMILES string of the molecule is CCC(CCC(C)C)NC(=O)c1ccc(C2CC2)cc1. The van der Waals surface area contributed by atoms with Crippen molar-refractivity contribution in [1.82, 2.24) is 5.32 Å². The van der Waals surface area contributed by atoms with Gasteiger partial charge in [-0.2, -0.15) is 0 Å². The summed E-state index contributed by atoms with van der Waals surface area (Å²) in [5.74, 6) is 1.52. The standard InChI is InChI=1S/C18H27NO/c1-4-17(12-5-13(2)3)19-18(20)16-10-8-15(9-11-16)14-6-7-14/h8-11,13-14,17H,4-7,12H2,1-3H3,(H,19,20). The molecule has 0 radical (unpaired) electrons. The lowest BCUT2D eigenvalue weighted by Crippen LogP contribution is -2.34. The van der Waals surface area contributed by atoms with Gasteiger partial charge in [0.05, 0.1) is 0 Å². The average Bonchev–Trinajstić information content (AvgIpc) is 3.27. The molecule has 1 N–H and O–H groups in total. The number of amides is 1. The summed E-state index contributed by atoms with van der Waals surface area (Å²) in [5, 5.41) is 3.16. The fourth-order valence-electron chi connectivity index (χ4n) is 2.50. The lowest BCUT2D eigenvalue weighted by Gasteiger charge is -2.18. The average molecular weight is 273 g/mol. The Kier molecular flexibility index (Phi) is 5.22. The second-order valence-corrected chi connectivity index (χ2v) is 6.45. The van der Waals surface area contributed by atoms with Gasteiger partial charge in [-0.1, -0.05) is 32.9 Å². The maximum absolute atomic E-state index is 12.2. The van der Waals surface area contributed by atoms with Gasteiger partial charge in [-0.3, -0.25) is 4.79 Å². The van der Waals surface area contributed by atoms with Crippen LogP contribution in [0.3, 0.4) is 0 Å². The zero-order valence-corrected chi connectivity index (χ0v) is 13.0. The molecule has 1 aromatic carbocycles. The van der Waals surface area contributed by atoms with Crippen LogP contribution in [0.2, 0.25) is 0 Å². The van der Waals surface area contributed by atoms with Crippen molar-refractivity contribution >= 4 is 5.91 Å². The van der Waals surface area contributed by atoms with Gasteiger partial charge in [0, 0.05) is 11.6 Å². The number of carbonyl (C=O) groups is 1. The van der Waals surface area contributed by atoms with E-state index in [1.807, 2.05) is 12.1 Å². The number of rotatable bonds is 7. The minimum Gasteiger partial charge on any atom is -0.349 e. The molecule has 2 rings (SSSR count). The Hall–Kier alpha value is -1.31. The highest BCUT2D eigenvalue weighted by Crippen LogP contribution is 2.39. The molecule has 1 aliphatic carbocycles. The molecule has 2 nitrogen and oxygen atoms in total. The van der Waals surface area contributed by atoms with Gasteiger partial charge < -0.3 is 5.32 Å². The molecule has 0 saturated heterocycles. The molecule has 0 spiro atoms. The van der Waals surface area contributed by atoms with Crippen molar-refractivity contribution in [1.29, 1.82) is 0 Å². The van der Waals surface area contributed by atoms with Crippen LogP contribution >= 0.6 is 0 Å². The summed E-state index contributed by atoms with van der Waals surface area (Å²) < 4.78 is 0. The molecule has 1 saturated carbocycles. The number of nitrogens with one attached hydrogen (secondary N) is 1. The van der Waals surface area contributed by atoms with Gasteiger partial charge in [0.25, 0.3) is 5.91 Å². The molecule has 1 unspecified atom stereocenters. The zero-order valence-electron chi connectivity index (χ0n) is 13.0. The molecule has 1 fully saturated rings. The largest absolute Gasteiger partial charge is 0.349 e. The van der Waals surface area contributed by atoms with Crippen LogP contribution in [0.4, 0.5) is 0 Å². The van der Waals surface area contributed by atoms with Crippen LogP contribution in [0.5, 0.6) is 0 Å². The number of benzene rings is 1. The summed E-state index contributed by atoms with van der Waals surface area (Å²) in [6, 6.07) is 8.47. The summed E-state index contributed by atoms with van der Waals surface area (Å²) in [7, 11) is 0. The molecule has 1 atom stereocenters. The Balaban J connectivity index is 1.88. The van der Waals surface area contributed by atoms with Crippen molar-refractivity contribution in [3.63, 3.8) is 0 Å². The first-order valence-electron chi connectivity index (χ1n) is 8.01. The van der Waals surface area contributed by atoms with Gasteiger partial charge >= 0.3 is 0 Å². The second-order valence-electron chi connectivity index (χ2n) is 6.45. The minimum absolute atomic E-state index is 0.0722. The summed E-state index contributed by atoms with van der Waals surface area (Å²) >= 11 is 0. The molecule has 0 heterocycles. The van der Waals surface area contributed by atoms with Crippen molar-refractivity contribution in [2.45, 2.75) is 64.8 Å². The maximum atomic E-state index is 12.2. The predicted octanol–water partition coefficient (Wildman–Crippen LogP) is 4.51. The first-order chi connectivity index (χ1) is 9.60. The first-order valence-corrected chi connectivity index (χ1v) is 8.01. The van der Waals surface area contributed by atoms with Crippen LogP contribution in [-0.2, 0) is 0 Å². The highest BCUT2D eigenvalue weighted by molar-refractivity contribution is 5.94. The predicted molar refractivity (Wildman–Crippen MR) is 84.0 cm³/mol. The van der Waals surface area contributed by atoms with Crippen LogP contribution < -0.4 is 5.32 Å². The van der Waals surface area contributed by atoms with E-state index in [2.05, 4.69) is 38.2 Å². The van der Waals surface area contributed by atoms with Gasteiger partial charge in [-0.05, 0) is 61.6 Å². The van der Waals surface area contributed by atoms with Crippen molar-refractivity contribution < 1.29 is 4.79 Å². The van der Waals surface area contributed by atoms with Crippen molar-refractivity contribution in [2.24, 2.45) is 5.92 Å². The number of hydrogen-bond acceptors (Lipinski definition) is 1. The van der Waals surface area contributed by atoms with Gasteiger partial charge in [-0.25, -0.2) is 0 Å². The molecule has 0 bridgehead atoms. The van der Waals surface area contributed by atoms with E-state index in [4.69, 9.17) is 0 Å². The fourth-order valence-corrected chi connectivity index (χ4v) is 2.50. The maximum Gasteiger partial charge on any atom is 0.251 e. The Labute approximate surface area is 123 Å². The Bertz CT molecular complexity index is 431. The van der Waals surface area contributed by atoms with E-state index >= 15 is 0 Å². The Morgan fingerprint density at radius 1 is 1.20 bits per heavy atom. The smallest absolute Gasteiger partial charge is 0.251 e. The van der Waals surface area contributed by atoms with E-state index in [-0.39, 0.29) is 5.91 Å². The quantitative estimate of drug-likeness (QED) is 0.778. The fraction of sp³-hybridized carbons (Fsp3) is 0.611. The zero-order chi connectivity index (χ0) is 14.5. The summed E-state index contributed by atoms with van der Waals surface area (Å²) in [6.45, 7) is 6.59. The molecule has 1 amide bonds. The normalized spacial score (nSPS) is 16.2. The van der Waals surface area contributed by atoms with Gasteiger partial charge in [0.2, 0.25) is 0 Å². The molecular weight excluding hydrogens is 246 g/mol. The number of carbonyl (C=O) groups excluding carboxylic acids is 1. The van der Waals surface area contributed by atoms with Gasteiger partial charge in [0.1, 0.15) is 0 Å². The molecule has 0 aromatic heterocycles. The minimum atomic E-state index is 0.0722. The molecule has 110 valence electrons. The van der Waals surface area contributed by atoms with Crippen LogP contribution in [0.15, 0.2) is 24.3 Å². The highest BCUT2D eigenvalue weighted by Gasteiger charge is 2.23. The van der Waals surface area contributed by atoms with Crippen LogP contribution in [0.1, 0.15) is 74.7 Å². The van der Waals surface area contributed by atoms with Crippen LogP contribution in [0.25, 0.3) is 0 Å². The third-order valence-electron chi connectivity index (χ3n) is 4.14. The Morgan fingerprint density at radius 2 is 1.85 bits per heavy atom. The lowest BCUT2D eigenvalue weighted by atomic mass is 10.0. The van der Waals surface area contributed by atoms with Crippen LogP contribution in [0, 0.1) is 5.92 Å². The molecular formula is C18H27NO. The number of hydrogen-bond donors (Lipinski definition) is 1. The van der Waals surface area contributed by atoms with Crippen LogP contribution in [-0.4, -0.2) is 11.9 Å². The second kappa shape index (κ2) is 6.92. The van der Waals surface area contributed by atoms with Gasteiger partial charge in [-0.15, -0.1) is 0 Å². The highest BCUT2D eigenvalue weighted by atomic mass is 16.1. The van der Waals surface area contributed by atoms with E-state index < -0.39 is 0 Å². The first kappa shape index (κ1) is 15.1. The van der Waals surface area contributed by atoms with Gasteiger partial charge in [0.15, 0.2) is 0 Å². The van der Waals surface area contributed by atoms with E-state index in [0.717, 1.165) is 24.3 Å². The summed E-state index contributed by atoms with van der Waals surface area (Å²) in [5.41, 5.74) is 2.17. The van der Waals surface area contributed by atoms with E-state index in [9.17, 15) is 4.79 Å². The third kappa shape index (κ3) is 4.36. The third-order valence-corrected chi connectivity index (χ3v) is 4.14. The van der Waals surface area contributed by atoms with Crippen molar-refractivity contribution in [2.75, 3.05) is 0 Å². The van der Waals surface area contributed by atoms with E-state index in [1.54, 1.807) is 0 Å². The molecule has 1 aliphatic rings.